The van der Waals surface area contributed by atoms with Gasteiger partial charge in [0.15, 0.2) is 0 Å². The molecular formula is C12H16F2N2. The molecule has 0 spiro atoms. The average molecular weight is 226 g/mol. The van der Waals surface area contributed by atoms with E-state index in [0.717, 1.165) is 13.1 Å². The molecule has 0 aliphatic carbocycles. The first-order chi connectivity index (χ1) is 7.61. The second-order valence-corrected chi connectivity index (χ2v) is 4.33. The van der Waals surface area contributed by atoms with Crippen LogP contribution in [-0.4, -0.2) is 25.2 Å². The third-order valence-corrected chi connectivity index (χ3v) is 3.02. The second-order valence-electron chi connectivity index (χ2n) is 4.33. The molecule has 88 valence electrons. The Balaban J connectivity index is 2.41. The van der Waals surface area contributed by atoms with Crippen LogP contribution in [0, 0.1) is 11.6 Å². The Kier molecular flexibility index (Phi) is 3.10. The second kappa shape index (κ2) is 4.37. The molecule has 2 unspecified atom stereocenters. The highest BCUT2D eigenvalue weighted by atomic mass is 19.1. The number of para-hydroxylation sites is 1. The number of benzene rings is 1. The lowest BCUT2D eigenvalue weighted by Crippen LogP contribution is -2.55. The van der Waals surface area contributed by atoms with Gasteiger partial charge in [0.25, 0.3) is 0 Å². The highest BCUT2D eigenvalue weighted by Gasteiger charge is 2.28. The van der Waals surface area contributed by atoms with Crippen molar-refractivity contribution in [3.8, 4) is 0 Å². The summed E-state index contributed by atoms with van der Waals surface area (Å²) in [7, 11) is 0. The lowest BCUT2D eigenvalue weighted by Gasteiger charge is -2.41. The number of piperazine rings is 1. The van der Waals surface area contributed by atoms with Crippen LogP contribution in [-0.2, 0) is 0 Å². The summed E-state index contributed by atoms with van der Waals surface area (Å²) < 4.78 is 27.4. The fourth-order valence-electron chi connectivity index (χ4n) is 2.31. The van der Waals surface area contributed by atoms with Crippen molar-refractivity contribution in [2.75, 3.05) is 18.0 Å². The molecule has 0 saturated carbocycles. The zero-order valence-electron chi connectivity index (χ0n) is 9.50. The number of rotatable bonds is 1. The van der Waals surface area contributed by atoms with Crippen LogP contribution in [0.3, 0.4) is 0 Å². The van der Waals surface area contributed by atoms with Gasteiger partial charge in [0, 0.05) is 25.2 Å². The van der Waals surface area contributed by atoms with E-state index in [0.29, 0.717) is 0 Å². The monoisotopic (exact) mass is 226 g/mol. The van der Waals surface area contributed by atoms with E-state index in [9.17, 15) is 8.78 Å². The Bertz CT molecular complexity index is 351. The topological polar surface area (TPSA) is 15.3 Å². The predicted molar refractivity (Wildman–Crippen MR) is 60.6 cm³/mol. The Labute approximate surface area is 94.3 Å². The number of nitrogens with zero attached hydrogens (tertiary/aromatic N) is 1. The molecule has 2 nitrogen and oxygen atoms in total. The van der Waals surface area contributed by atoms with Gasteiger partial charge in [0.05, 0.1) is 0 Å². The van der Waals surface area contributed by atoms with Crippen molar-refractivity contribution >= 4 is 5.69 Å². The summed E-state index contributed by atoms with van der Waals surface area (Å²) in [6.45, 7) is 5.43. The molecule has 1 heterocycles. The van der Waals surface area contributed by atoms with Crippen LogP contribution in [0.4, 0.5) is 14.5 Å². The van der Waals surface area contributed by atoms with Crippen LogP contribution >= 0.6 is 0 Å². The van der Waals surface area contributed by atoms with Crippen LogP contribution in [0.15, 0.2) is 18.2 Å². The largest absolute Gasteiger partial charge is 0.359 e. The van der Waals surface area contributed by atoms with E-state index in [1.165, 1.54) is 18.2 Å². The van der Waals surface area contributed by atoms with Crippen molar-refractivity contribution in [1.29, 1.82) is 0 Å². The van der Waals surface area contributed by atoms with Crippen molar-refractivity contribution in [2.45, 2.75) is 25.9 Å². The molecule has 1 aromatic carbocycles. The Morgan fingerprint density at radius 3 is 2.12 bits per heavy atom. The third kappa shape index (κ3) is 1.89. The van der Waals surface area contributed by atoms with Crippen LogP contribution < -0.4 is 10.2 Å². The Morgan fingerprint density at radius 2 is 1.62 bits per heavy atom. The minimum Gasteiger partial charge on any atom is -0.359 e. The summed E-state index contributed by atoms with van der Waals surface area (Å²) in [6, 6.07) is 4.19. The standard InChI is InChI=1S/C12H16F2N2/c1-8-6-15-7-9(2)16(8)12-10(13)4-3-5-11(12)14/h3-5,8-9,15H,6-7H2,1-2H3. The smallest absolute Gasteiger partial charge is 0.149 e. The van der Waals surface area contributed by atoms with Crippen molar-refractivity contribution in [2.24, 2.45) is 0 Å². The van der Waals surface area contributed by atoms with Gasteiger partial charge in [-0.05, 0) is 26.0 Å². The van der Waals surface area contributed by atoms with Gasteiger partial charge in [0.1, 0.15) is 17.3 Å². The summed E-state index contributed by atoms with van der Waals surface area (Å²) in [4.78, 5) is 1.82. The van der Waals surface area contributed by atoms with Gasteiger partial charge < -0.3 is 10.2 Å². The van der Waals surface area contributed by atoms with E-state index >= 15 is 0 Å². The maximum atomic E-state index is 13.7. The molecule has 0 amide bonds. The molecule has 0 bridgehead atoms. The minimum atomic E-state index is -0.486. The lowest BCUT2D eigenvalue weighted by atomic mass is 10.1. The maximum Gasteiger partial charge on any atom is 0.149 e. The average Bonchev–Trinajstić information content (AvgIpc) is 2.21. The first-order valence-corrected chi connectivity index (χ1v) is 5.54. The molecule has 2 atom stereocenters. The first kappa shape index (κ1) is 11.3. The van der Waals surface area contributed by atoms with Crippen molar-refractivity contribution in [3.05, 3.63) is 29.8 Å². The molecule has 1 saturated heterocycles. The highest BCUT2D eigenvalue weighted by molar-refractivity contribution is 5.51. The molecule has 16 heavy (non-hydrogen) atoms. The van der Waals surface area contributed by atoms with E-state index in [2.05, 4.69) is 5.32 Å². The molecule has 1 aromatic rings. The van der Waals surface area contributed by atoms with Crippen LogP contribution in [0.5, 0.6) is 0 Å². The molecule has 1 aliphatic heterocycles. The van der Waals surface area contributed by atoms with Gasteiger partial charge in [-0.15, -0.1) is 0 Å². The van der Waals surface area contributed by atoms with Gasteiger partial charge in [-0.25, -0.2) is 8.78 Å². The van der Waals surface area contributed by atoms with E-state index in [1.807, 2.05) is 18.7 Å². The van der Waals surface area contributed by atoms with E-state index in [-0.39, 0.29) is 17.8 Å². The number of hydrogen-bond donors (Lipinski definition) is 1. The van der Waals surface area contributed by atoms with Crippen LogP contribution in [0.25, 0.3) is 0 Å². The Morgan fingerprint density at radius 1 is 1.12 bits per heavy atom. The van der Waals surface area contributed by atoms with Crippen LogP contribution in [0.1, 0.15) is 13.8 Å². The van der Waals surface area contributed by atoms with Gasteiger partial charge in [0.2, 0.25) is 0 Å². The first-order valence-electron chi connectivity index (χ1n) is 5.54. The summed E-state index contributed by atoms with van der Waals surface area (Å²) in [5.74, 6) is -0.971. The molecule has 1 aliphatic rings. The number of halogens is 2. The molecular weight excluding hydrogens is 210 g/mol. The van der Waals surface area contributed by atoms with E-state index in [1.54, 1.807) is 0 Å². The summed E-state index contributed by atoms with van der Waals surface area (Å²) >= 11 is 0. The van der Waals surface area contributed by atoms with Crippen molar-refractivity contribution in [3.63, 3.8) is 0 Å². The molecule has 1 N–H and O–H groups in total. The van der Waals surface area contributed by atoms with Gasteiger partial charge in [-0.3, -0.25) is 0 Å². The van der Waals surface area contributed by atoms with Gasteiger partial charge in [-0.2, -0.15) is 0 Å². The zero-order valence-corrected chi connectivity index (χ0v) is 9.50. The Hall–Kier alpha value is -1.16. The number of hydrogen-bond acceptors (Lipinski definition) is 2. The van der Waals surface area contributed by atoms with Gasteiger partial charge >= 0.3 is 0 Å². The predicted octanol–water partition coefficient (Wildman–Crippen LogP) is 2.15. The zero-order chi connectivity index (χ0) is 11.7. The van der Waals surface area contributed by atoms with Gasteiger partial charge in [-0.1, -0.05) is 6.07 Å². The normalized spacial score (nSPS) is 25.9. The number of nitrogens with one attached hydrogen (secondary N) is 1. The molecule has 4 heteroatoms. The SMILES string of the molecule is CC1CNCC(C)N1c1c(F)cccc1F. The number of anilines is 1. The highest BCUT2D eigenvalue weighted by Crippen LogP contribution is 2.27. The third-order valence-electron chi connectivity index (χ3n) is 3.02. The van der Waals surface area contributed by atoms with E-state index in [4.69, 9.17) is 0 Å². The fourth-order valence-corrected chi connectivity index (χ4v) is 2.31. The molecule has 2 rings (SSSR count). The van der Waals surface area contributed by atoms with Crippen molar-refractivity contribution in [1.82, 2.24) is 5.32 Å². The molecule has 0 radical (unpaired) electrons. The molecule has 1 fully saturated rings. The summed E-state index contributed by atoms with van der Waals surface area (Å²) in [5, 5.41) is 3.24. The molecule has 0 aromatic heterocycles. The minimum absolute atomic E-state index is 0.0927. The lowest BCUT2D eigenvalue weighted by molar-refractivity contribution is 0.417. The fraction of sp³-hybridized carbons (Fsp3) is 0.500. The maximum absolute atomic E-state index is 13.7. The summed E-state index contributed by atoms with van der Waals surface area (Å²) in [6.07, 6.45) is 0. The van der Waals surface area contributed by atoms with E-state index < -0.39 is 11.6 Å². The van der Waals surface area contributed by atoms with Crippen molar-refractivity contribution < 1.29 is 8.78 Å². The quantitative estimate of drug-likeness (QED) is 0.789. The van der Waals surface area contributed by atoms with Crippen LogP contribution in [0.2, 0.25) is 0 Å². The summed E-state index contributed by atoms with van der Waals surface area (Å²) in [5.41, 5.74) is 0.101.